The second-order valence-corrected chi connectivity index (χ2v) is 8.38. The summed E-state index contributed by atoms with van der Waals surface area (Å²) in [5, 5.41) is 8.18. The minimum atomic E-state index is 0.574. The van der Waals surface area contributed by atoms with Crippen LogP contribution in [-0.2, 0) is 0 Å². The SMILES string of the molecule is C1CCCCC1.CCC1CN(c2cccnn2)CCC1NSN(C)C. The maximum atomic E-state index is 4.21. The van der Waals surface area contributed by atoms with E-state index in [2.05, 4.69) is 45.1 Å². The van der Waals surface area contributed by atoms with E-state index in [-0.39, 0.29) is 0 Å². The summed E-state index contributed by atoms with van der Waals surface area (Å²) in [5.74, 6) is 1.66. The molecule has 2 atom stereocenters. The molecule has 0 spiro atoms. The van der Waals surface area contributed by atoms with Crippen LogP contribution in [0, 0.1) is 5.92 Å². The molecule has 1 saturated carbocycles. The van der Waals surface area contributed by atoms with Crippen molar-refractivity contribution in [3.63, 3.8) is 0 Å². The second kappa shape index (κ2) is 11.7. The van der Waals surface area contributed by atoms with Gasteiger partial charge in [-0.1, -0.05) is 51.9 Å². The van der Waals surface area contributed by atoms with Crippen LogP contribution in [0.3, 0.4) is 0 Å². The van der Waals surface area contributed by atoms with Crippen LogP contribution in [0.5, 0.6) is 0 Å². The molecule has 1 aliphatic heterocycles. The smallest absolute Gasteiger partial charge is 0.151 e. The van der Waals surface area contributed by atoms with Crippen LogP contribution in [0.4, 0.5) is 5.82 Å². The van der Waals surface area contributed by atoms with E-state index in [1.165, 1.54) is 44.9 Å². The van der Waals surface area contributed by atoms with E-state index >= 15 is 0 Å². The molecule has 1 aliphatic carbocycles. The van der Waals surface area contributed by atoms with Gasteiger partial charge in [0.05, 0.1) is 0 Å². The summed E-state index contributed by atoms with van der Waals surface area (Å²) in [6, 6.07) is 4.57. The zero-order valence-corrected chi connectivity index (χ0v) is 17.0. The first-order chi connectivity index (χ1) is 12.2. The van der Waals surface area contributed by atoms with Gasteiger partial charge < -0.3 is 4.90 Å². The molecule has 25 heavy (non-hydrogen) atoms. The van der Waals surface area contributed by atoms with Gasteiger partial charge in [-0.3, -0.25) is 0 Å². The van der Waals surface area contributed by atoms with E-state index in [9.17, 15) is 0 Å². The molecular formula is C19H35N5S. The number of anilines is 1. The van der Waals surface area contributed by atoms with Crippen molar-refractivity contribution in [2.45, 2.75) is 64.3 Å². The lowest BCUT2D eigenvalue weighted by atomic mass is 9.91. The first-order valence-electron chi connectivity index (χ1n) is 9.83. The third-order valence-electron chi connectivity index (χ3n) is 5.03. The summed E-state index contributed by atoms with van der Waals surface area (Å²) < 4.78 is 5.67. The normalized spacial score (nSPS) is 23.9. The van der Waals surface area contributed by atoms with Gasteiger partial charge in [0.2, 0.25) is 0 Å². The van der Waals surface area contributed by atoms with Crippen molar-refractivity contribution in [3.8, 4) is 0 Å². The highest BCUT2D eigenvalue weighted by Gasteiger charge is 2.28. The monoisotopic (exact) mass is 365 g/mol. The van der Waals surface area contributed by atoms with Crippen molar-refractivity contribution in [1.82, 2.24) is 19.2 Å². The van der Waals surface area contributed by atoms with Crippen LogP contribution >= 0.6 is 12.1 Å². The molecule has 1 saturated heterocycles. The summed E-state index contributed by atoms with van der Waals surface area (Å²) in [4.78, 5) is 2.35. The Morgan fingerprint density at radius 2 is 1.88 bits per heavy atom. The Morgan fingerprint density at radius 1 is 1.20 bits per heavy atom. The van der Waals surface area contributed by atoms with Gasteiger partial charge in [0.1, 0.15) is 0 Å². The molecule has 1 N–H and O–H groups in total. The van der Waals surface area contributed by atoms with Crippen molar-refractivity contribution >= 4 is 18.0 Å². The molecule has 0 aromatic carbocycles. The van der Waals surface area contributed by atoms with Crippen LogP contribution < -0.4 is 9.62 Å². The second-order valence-electron chi connectivity index (χ2n) is 7.23. The van der Waals surface area contributed by atoms with E-state index in [0.717, 1.165) is 25.3 Å². The maximum absolute atomic E-state index is 4.21. The Morgan fingerprint density at radius 3 is 2.40 bits per heavy atom. The Kier molecular flexibility index (Phi) is 9.58. The Labute approximate surface area is 158 Å². The van der Waals surface area contributed by atoms with E-state index in [1.54, 1.807) is 18.3 Å². The average Bonchev–Trinajstić information content (AvgIpc) is 2.68. The molecule has 142 valence electrons. The number of piperidine rings is 1. The van der Waals surface area contributed by atoms with Gasteiger partial charge in [0.25, 0.3) is 0 Å². The molecule has 0 bridgehead atoms. The van der Waals surface area contributed by atoms with Crippen molar-refractivity contribution in [3.05, 3.63) is 18.3 Å². The molecule has 1 aromatic heterocycles. The van der Waals surface area contributed by atoms with Gasteiger partial charge in [0.15, 0.2) is 5.82 Å². The Balaban J connectivity index is 0.000000316. The molecule has 2 heterocycles. The van der Waals surface area contributed by atoms with Gasteiger partial charge in [-0.15, -0.1) is 5.10 Å². The van der Waals surface area contributed by atoms with E-state index in [4.69, 9.17) is 0 Å². The van der Waals surface area contributed by atoms with Crippen molar-refractivity contribution < 1.29 is 0 Å². The highest BCUT2D eigenvalue weighted by atomic mass is 32.2. The number of hydrogen-bond acceptors (Lipinski definition) is 6. The summed E-state index contributed by atoms with van der Waals surface area (Å²) >= 11 is 1.69. The van der Waals surface area contributed by atoms with Crippen LogP contribution in [-0.4, -0.2) is 47.7 Å². The van der Waals surface area contributed by atoms with Crippen molar-refractivity contribution in [2.24, 2.45) is 5.92 Å². The molecule has 1 aromatic rings. The standard InChI is InChI=1S/C13H23N5S.C6H12/c1-4-11-10-18(13-6-5-8-14-15-13)9-7-12(11)16-19-17(2)3;1-2-4-6-5-3-1/h5-6,8,11-12,16H,4,7,9-10H2,1-3H3;1-6H2. The molecule has 0 radical (unpaired) electrons. The van der Waals surface area contributed by atoms with Gasteiger partial charge in [-0.2, -0.15) is 5.10 Å². The molecular weight excluding hydrogens is 330 g/mol. The number of aromatic nitrogens is 2. The predicted molar refractivity (Wildman–Crippen MR) is 109 cm³/mol. The van der Waals surface area contributed by atoms with Gasteiger partial charge in [-0.25, -0.2) is 9.03 Å². The largest absolute Gasteiger partial charge is 0.355 e. The molecule has 6 heteroatoms. The zero-order chi connectivity index (χ0) is 17.9. The van der Waals surface area contributed by atoms with Gasteiger partial charge in [-0.05, 0) is 38.6 Å². The van der Waals surface area contributed by atoms with Crippen molar-refractivity contribution in [1.29, 1.82) is 0 Å². The van der Waals surface area contributed by atoms with Crippen LogP contribution in [0.15, 0.2) is 18.3 Å². The third kappa shape index (κ3) is 7.50. The van der Waals surface area contributed by atoms with E-state index in [1.807, 2.05) is 12.1 Å². The van der Waals surface area contributed by atoms with Crippen LogP contribution in [0.25, 0.3) is 0 Å². The molecule has 2 fully saturated rings. The van der Waals surface area contributed by atoms with E-state index < -0.39 is 0 Å². The molecule has 5 nitrogen and oxygen atoms in total. The topological polar surface area (TPSA) is 44.3 Å². The maximum Gasteiger partial charge on any atom is 0.151 e. The third-order valence-corrected chi connectivity index (χ3v) is 5.80. The first kappa shape index (κ1) is 20.5. The summed E-state index contributed by atoms with van der Waals surface area (Å²) in [5.41, 5.74) is 0. The highest BCUT2D eigenvalue weighted by Crippen LogP contribution is 2.25. The fourth-order valence-electron chi connectivity index (χ4n) is 3.50. The Hall–Kier alpha value is -0.850. The summed E-state index contributed by atoms with van der Waals surface area (Å²) in [7, 11) is 4.13. The van der Waals surface area contributed by atoms with Crippen molar-refractivity contribution in [2.75, 3.05) is 32.1 Å². The van der Waals surface area contributed by atoms with Gasteiger partial charge >= 0.3 is 0 Å². The predicted octanol–water partition coefficient (Wildman–Crippen LogP) is 4.14. The minimum Gasteiger partial charge on any atom is -0.355 e. The lowest BCUT2D eigenvalue weighted by Crippen LogP contribution is -2.48. The molecule has 2 aliphatic rings. The molecule has 0 amide bonds. The number of rotatable bonds is 5. The lowest BCUT2D eigenvalue weighted by Gasteiger charge is -2.39. The number of nitrogens with zero attached hydrogens (tertiary/aromatic N) is 4. The minimum absolute atomic E-state index is 0.574. The molecule has 2 unspecified atom stereocenters. The van der Waals surface area contributed by atoms with Crippen LogP contribution in [0.1, 0.15) is 58.3 Å². The van der Waals surface area contributed by atoms with E-state index in [0.29, 0.717) is 12.0 Å². The Bertz CT molecular complexity index is 441. The summed E-state index contributed by atoms with van der Waals surface area (Å²) in [6.45, 7) is 4.36. The summed E-state index contributed by atoms with van der Waals surface area (Å²) in [6.07, 6.45) is 13.1. The molecule has 3 rings (SSSR count). The number of nitrogens with one attached hydrogen (secondary N) is 1. The zero-order valence-electron chi connectivity index (χ0n) is 16.2. The lowest BCUT2D eigenvalue weighted by molar-refractivity contribution is 0.329. The highest BCUT2D eigenvalue weighted by molar-refractivity contribution is 7.95. The quantitative estimate of drug-likeness (QED) is 0.791. The van der Waals surface area contributed by atoms with Gasteiger partial charge in [0, 0.05) is 37.5 Å². The average molecular weight is 366 g/mol. The van der Waals surface area contributed by atoms with Crippen LogP contribution in [0.2, 0.25) is 0 Å². The first-order valence-corrected chi connectivity index (χ1v) is 10.6. The fraction of sp³-hybridized carbons (Fsp3) is 0.789. The fourth-order valence-corrected chi connectivity index (χ4v) is 4.16. The number of hydrogen-bond donors (Lipinski definition) is 1.